The minimum Gasteiger partial charge on any atom is -0.389 e. The van der Waals surface area contributed by atoms with E-state index in [1.54, 1.807) is 0 Å². The maximum atomic E-state index is 12.8. The number of hydrogen-bond donors (Lipinski definition) is 2. The first kappa shape index (κ1) is 7.91. The van der Waals surface area contributed by atoms with Crippen LogP contribution in [0.5, 0.6) is 0 Å². The van der Waals surface area contributed by atoms with Gasteiger partial charge in [0.25, 0.3) is 0 Å². The Labute approximate surface area is 59.2 Å². The van der Waals surface area contributed by atoms with Crippen LogP contribution < -0.4 is 5.32 Å². The van der Waals surface area contributed by atoms with Crippen LogP contribution in [-0.2, 0) is 4.74 Å². The highest BCUT2D eigenvalue weighted by molar-refractivity contribution is 4.85. The van der Waals surface area contributed by atoms with Gasteiger partial charge in [-0.15, -0.1) is 0 Å². The summed E-state index contributed by atoms with van der Waals surface area (Å²) in [6.45, 7) is 0.689. The van der Waals surface area contributed by atoms with Gasteiger partial charge in [0, 0.05) is 20.2 Å². The Morgan fingerprint density at radius 1 is 1.60 bits per heavy atom. The summed E-state index contributed by atoms with van der Waals surface area (Å²) < 4.78 is 17.5. The molecule has 0 aromatic heterocycles. The molecule has 1 aliphatic rings. The predicted molar refractivity (Wildman–Crippen MR) is 34.6 cm³/mol. The Hall–Kier alpha value is -0.190. The van der Waals surface area contributed by atoms with E-state index < -0.39 is 18.4 Å². The van der Waals surface area contributed by atoms with Crippen molar-refractivity contribution in [1.82, 2.24) is 5.32 Å². The van der Waals surface area contributed by atoms with Gasteiger partial charge >= 0.3 is 0 Å². The first-order chi connectivity index (χ1) is 4.75. The highest BCUT2D eigenvalue weighted by atomic mass is 19.1. The van der Waals surface area contributed by atoms with Gasteiger partial charge in [-0.1, -0.05) is 0 Å². The molecule has 0 radical (unpaired) electrons. The van der Waals surface area contributed by atoms with E-state index in [0.717, 1.165) is 0 Å². The molecule has 4 heteroatoms. The lowest BCUT2D eigenvalue weighted by Gasteiger charge is -2.30. The summed E-state index contributed by atoms with van der Waals surface area (Å²) in [5.41, 5.74) is 0. The minimum atomic E-state index is -1.09. The van der Waals surface area contributed by atoms with E-state index in [9.17, 15) is 4.39 Å². The van der Waals surface area contributed by atoms with Gasteiger partial charge in [-0.05, 0) is 0 Å². The van der Waals surface area contributed by atoms with Crippen LogP contribution >= 0.6 is 0 Å². The van der Waals surface area contributed by atoms with Crippen molar-refractivity contribution in [1.29, 1.82) is 0 Å². The zero-order valence-electron chi connectivity index (χ0n) is 5.88. The quantitative estimate of drug-likeness (QED) is 0.518. The Kier molecular flexibility index (Phi) is 2.59. The lowest BCUT2D eigenvalue weighted by molar-refractivity contribution is -0.0693. The van der Waals surface area contributed by atoms with Crippen molar-refractivity contribution in [3.8, 4) is 0 Å². The number of ether oxygens (including phenoxy) is 1. The van der Waals surface area contributed by atoms with E-state index >= 15 is 0 Å². The maximum Gasteiger partial charge on any atom is 0.141 e. The molecule has 0 saturated carbocycles. The zero-order chi connectivity index (χ0) is 7.56. The Bertz CT molecular complexity index is 102. The van der Waals surface area contributed by atoms with Crippen LogP contribution in [0.2, 0.25) is 0 Å². The third kappa shape index (κ3) is 1.45. The number of nitrogens with one attached hydrogen (secondary N) is 1. The van der Waals surface area contributed by atoms with E-state index in [4.69, 9.17) is 9.84 Å². The predicted octanol–water partition coefficient (Wildman–Crippen LogP) is -0.696. The molecular weight excluding hydrogens is 137 g/mol. The van der Waals surface area contributed by atoms with Crippen molar-refractivity contribution in [3.05, 3.63) is 0 Å². The van der Waals surface area contributed by atoms with Gasteiger partial charge in [-0.2, -0.15) is 0 Å². The maximum absolute atomic E-state index is 12.8. The van der Waals surface area contributed by atoms with Crippen LogP contribution in [0.15, 0.2) is 0 Å². The summed E-state index contributed by atoms with van der Waals surface area (Å²) in [6, 6.07) is 0. The first-order valence-electron chi connectivity index (χ1n) is 3.31. The number of β-amino-alcohol motifs (C(OH)–C–C–N with tert-alkyl or cyclic N) is 1. The molecular formula is C6H12FNO2. The molecule has 3 nitrogen and oxygen atoms in total. The number of aliphatic hydroxyl groups excluding tert-OH is 1. The van der Waals surface area contributed by atoms with Gasteiger partial charge in [-0.3, -0.25) is 0 Å². The van der Waals surface area contributed by atoms with Crippen molar-refractivity contribution in [2.45, 2.75) is 18.4 Å². The lowest BCUT2D eigenvalue weighted by Crippen LogP contribution is -2.52. The molecule has 0 aromatic carbocycles. The third-order valence-electron chi connectivity index (χ3n) is 1.70. The molecule has 1 aliphatic heterocycles. The van der Waals surface area contributed by atoms with Crippen molar-refractivity contribution < 1.29 is 14.2 Å². The van der Waals surface area contributed by atoms with Gasteiger partial charge in [0.1, 0.15) is 12.3 Å². The van der Waals surface area contributed by atoms with Gasteiger partial charge in [0.2, 0.25) is 0 Å². The average Bonchev–Trinajstić information content (AvgIpc) is 1.88. The number of methoxy groups -OCH3 is 1. The van der Waals surface area contributed by atoms with E-state index in [0.29, 0.717) is 6.54 Å². The minimum absolute atomic E-state index is 0.273. The second-order valence-electron chi connectivity index (χ2n) is 2.44. The molecule has 1 saturated heterocycles. The summed E-state index contributed by atoms with van der Waals surface area (Å²) >= 11 is 0. The largest absolute Gasteiger partial charge is 0.389 e. The molecule has 1 heterocycles. The average molecular weight is 149 g/mol. The van der Waals surface area contributed by atoms with Gasteiger partial charge in [0.05, 0.1) is 6.10 Å². The fourth-order valence-electron chi connectivity index (χ4n) is 1.15. The number of rotatable bonds is 1. The highest BCUT2D eigenvalue weighted by Gasteiger charge is 2.31. The molecule has 2 N–H and O–H groups in total. The summed E-state index contributed by atoms with van der Waals surface area (Å²) in [5, 5.41) is 11.9. The Morgan fingerprint density at radius 3 is 2.70 bits per heavy atom. The van der Waals surface area contributed by atoms with E-state index in [1.165, 1.54) is 7.11 Å². The molecule has 1 fully saturated rings. The van der Waals surface area contributed by atoms with Crippen LogP contribution in [0.1, 0.15) is 0 Å². The monoisotopic (exact) mass is 149 g/mol. The summed E-state index contributed by atoms with van der Waals surface area (Å²) in [6.07, 6.45) is -2.45. The molecule has 3 unspecified atom stereocenters. The number of hydrogen-bond acceptors (Lipinski definition) is 3. The first-order valence-corrected chi connectivity index (χ1v) is 3.31. The second-order valence-corrected chi connectivity index (χ2v) is 2.44. The Balaban J connectivity index is 2.45. The van der Waals surface area contributed by atoms with Crippen LogP contribution in [0.25, 0.3) is 0 Å². The third-order valence-corrected chi connectivity index (χ3v) is 1.70. The number of alkyl halides is 1. The second kappa shape index (κ2) is 3.27. The fraction of sp³-hybridized carbons (Fsp3) is 1.00. The topological polar surface area (TPSA) is 41.5 Å². The van der Waals surface area contributed by atoms with Crippen molar-refractivity contribution in [3.63, 3.8) is 0 Å². The van der Waals surface area contributed by atoms with Crippen LogP contribution in [0.4, 0.5) is 4.39 Å². The molecule has 3 atom stereocenters. The lowest BCUT2D eigenvalue weighted by atomic mass is 10.1. The molecule has 1 rings (SSSR count). The number of aliphatic hydroxyl groups is 1. The van der Waals surface area contributed by atoms with E-state index in [1.807, 2.05) is 0 Å². The van der Waals surface area contributed by atoms with Gasteiger partial charge in [0.15, 0.2) is 0 Å². The van der Waals surface area contributed by atoms with Crippen molar-refractivity contribution >= 4 is 0 Å². The fourth-order valence-corrected chi connectivity index (χ4v) is 1.15. The highest BCUT2D eigenvalue weighted by Crippen LogP contribution is 2.10. The van der Waals surface area contributed by atoms with Crippen LogP contribution in [-0.4, -0.2) is 43.7 Å². The summed E-state index contributed by atoms with van der Waals surface area (Å²) in [7, 11) is 1.41. The van der Waals surface area contributed by atoms with Gasteiger partial charge < -0.3 is 15.2 Å². The number of piperidine rings is 1. The van der Waals surface area contributed by atoms with Crippen molar-refractivity contribution in [2.24, 2.45) is 0 Å². The van der Waals surface area contributed by atoms with Gasteiger partial charge in [-0.25, -0.2) is 4.39 Å². The molecule has 0 spiro atoms. The molecule has 0 aromatic rings. The summed E-state index contributed by atoms with van der Waals surface area (Å²) in [5.74, 6) is 0. The van der Waals surface area contributed by atoms with E-state index in [2.05, 4.69) is 5.32 Å². The molecule has 60 valence electrons. The molecule has 10 heavy (non-hydrogen) atoms. The zero-order valence-corrected chi connectivity index (χ0v) is 5.88. The SMILES string of the molecule is COC1C(O)CNCC1F. The Morgan fingerprint density at radius 2 is 2.30 bits per heavy atom. The van der Waals surface area contributed by atoms with E-state index in [-0.39, 0.29) is 6.54 Å². The van der Waals surface area contributed by atoms with Crippen molar-refractivity contribution in [2.75, 3.05) is 20.2 Å². The van der Waals surface area contributed by atoms with Crippen LogP contribution in [0.3, 0.4) is 0 Å². The molecule has 0 aliphatic carbocycles. The standard InChI is InChI=1S/C6H12FNO2/c1-10-6-4(7)2-8-3-5(6)9/h4-6,8-9H,2-3H2,1H3. The molecule has 0 bridgehead atoms. The smallest absolute Gasteiger partial charge is 0.141 e. The number of halogens is 1. The normalized spacial score (nSPS) is 41.7. The van der Waals surface area contributed by atoms with Crippen LogP contribution in [0, 0.1) is 0 Å². The molecule has 0 amide bonds. The summed E-state index contributed by atoms with van der Waals surface area (Å²) in [4.78, 5) is 0.